The molecule has 1 amide bonds. The van der Waals surface area contributed by atoms with Crippen LogP contribution in [-0.4, -0.2) is 17.9 Å². The van der Waals surface area contributed by atoms with Crippen LogP contribution in [0.5, 0.6) is 0 Å². The fourth-order valence-electron chi connectivity index (χ4n) is 1.66. The highest BCUT2D eigenvalue weighted by molar-refractivity contribution is 6.07. The highest BCUT2D eigenvalue weighted by Crippen LogP contribution is 2.25. The van der Waals surface area contributed by atoms with E-state index in [1.807, 2.05) is 0 Å². The minimum Gasteiger partial charge on any atom is -0.387 e. The molecule has 4 nitrogen and oxygen atoms in total. The minimum absolute atomic E-state index is 0.0385. The van der Waals surface area contributed by atoms with E-state index in [0.29, 0.717) is 5.69 Å². The van der Waals surface area contributed by atoms with E-state index in [1.54, 1.807) is 5.32 Å². The summed E-state index contributed by atoms with van der Waals surface area (Å²) in [6.07, 6.45) is 2.54. The van der Waals surface area contributed by atoms with Gasteiger partial charge in [-0.05, 0) is 6.07 Å². The van der Waals surface area contributed by atoms with E-state index in [2.05, 4.69) is 10.3 Å². The molecule has 0 radical (unpaired) electrons. The van der Waals surface area contributed by atoms with Crippen molar-refractivity contribution in [3.05, 3.63) is 53.4 Å². The Labute approximate surface area is 116 Å². The number of carbonyl (C=O) groups is 1. The molecule has 2 rings (SSSR count). The zero-order valence-electron chi connectivity index (χ0n) is 10.7. The number of amides is 1. The Bertz CT molecular complexity index is 680. The zero-order valence-corrected chi connectivity index (χ0v) is 10.7. The van der Waals surface area contributed by atoms with Crippen molar-refractivity contribution < 1.29 is 22.4 Å². The Morgan fingerprint density at radius 2 is 1.76 bits per heavy atom. The van der Waals surface area contributed by atoms with Crippen LogP contribution in [0.2, 0.25) is 0 Å². The summed E-state index contributed by atoms with van der Waals surface area (Å²) in [5, 5.41) is 4.48. The molecule has 2 N–H and O–H groups in total. The van der Waals surface area contributed by atoms with Gasteiger partial charge >= 0.3 is 0 Å². The average molecular weight is 299 g/mol. The fraction of sp³-hybridized carbons (Fsp3) is 0.0769. The lowest BCUT2D eigenvalue weighted by atomic mass is 10.2. The van der Waals surface area contributed by atoms with Crippen molar-refractivity contribution in [3.8, 4) is 0 Å². The van der Waals surface area contributed by atoms with E-state index >= 15 is 0 Å². The van der Waals surface area contributed by atoms with Crippen molar-refractivity contribution >= 4 is 17.3 Å². The van der Waals surface area contributed by atoms with Crippen molar-refractivity contribution in [1.29, 1.82) is 0 Å². The van der Waals surface area contributed by atoms with Crippen LogP contribution in [0.3, 0.4) is 0 Å². The lowest BCUT2D eigenvalue weighted by Gasteiger charge is -2.11. The van der Waals surface area contributed by atoms with Crippen LogP contribution in [-0.2, 0) is 0 Å². The summed E-state index contributed by atoms with van der Waals surface area (Å²) in [4.78, 5) is 15.7. The standard InChI is InChI=1S/C13H9F4N3O/c1-18-9-2-3-19-5-6(9)13(21)20-12-10(16)7(14)4-8(15)11(12)17/h2-5H,1H3,(H,18,19)(H,20,21). The molecule has 0 aliphatic heterocycles. The molecule has 0 spiro atoms. The van der Waals surface area contributed by atoms with E-state index in [-0.39, 0.29) is 11.6 Å². The number of rotatable bonds is 3. The maximum atomic E-state index is 13.5. The van der Waals surface area contributed by atoms with Crippen LogP contribution < -0.4 is 10.6 Å². The van der Waals surface area contributed by atoms with Crippen LogP contribution in [0, 0.1) is 23.3 Å². The second-order valence-electron chi connectivity index (χ2n) is 3.97. The third kappa shape index (κ3) is 2.78. The third-order valence-electron chi connectivity index (χ3n) is 2.69. The number of anilines is 2. The van der Waals surface area contributed by atoms with Gasteiger partial charge in [-0.2, -0.15) is 0 Å². The first-order valence-electron chi connectivity index (χ1n) is 5.71. The summed E-state index contributed by atoms with van der Waals surface area (Å²) in [5.74, 6) is -7.54. The SMILES string of the molecule is CNc1ccncc1C(=O)Nc1c(F)c(F)cc(F)c1F. The van der Waals surface area contributed by atoms with Gasteiger partial charge in [-0.3, -0.25) is 9.78 Å². The van der Waals surface area contributed by atoms with Crippen LogP contribution in [0.25, 0.3) is 0 Å². The number of nitrogens with zero attached hydrogens (tertiary/aromatic N) is 1. The number of hydrogen-bond donors (Lipinski definition) is 2. The Morgan fingerprint density at radius 3 is 2.33 bits per heavy atom. The zero-order chi connectivity index (χ0) is 15.6. The average Bonchev–Trinajstić information content (AvgIpc) is 2.49. The van der Waals surface area contributed by atoms with E-state index in [9.17, 15) is 22.4 Å². The molecular weight excluding hydrogens is 290 g/mol. The molecule has 0 bridgehead atoms. The van der Waals surface area contributed by atoms with Gasteiger partial charge in [-0.25, -0.2) is 17.6 Å². The second-order valence-corrected chi connectivity index (χ2v) is 3.97. The fourth-order valence-corrected chi connectivity index (χ4v) is 1.66. The number of aromatic nitrogens is 1. The van der Waals surface area contributed by atoms with Gasteiger partial charge < -0.3 is 10.6 Å². The molecule has 110 valence electrons. The number of hydrogen-bond acceptors (Lipinski definition) is 3. The Balaban J connectivity index is 2.41. The van der Waals surface area contributed by atoms with Crippen LogP contribution in [0.1, 0.15) is 10.4 Å². The molecule has 2 aromatic rings. The highest BCUT2D eigenvalue weighted by atomic mass is 19.2. The third-order valence-corrected chi connectivity index (χ3v) is 2.69. The number of pyridine rings is 1. The topological polar surface area (TPSA) is 54.0 Å². The molecule has 0 fully saturated rings. The van der Waals surface area contributed by atoms with Gasteiger partial charge in [0.15, 0.2) is 23.3 Å². The summed E-state index contributed by atoms with van der Waals surface area (Å²) in [5.41, 5.74) is -0.896. The quantitative estimate of drug-likeness (QED) is 0.677. The Hall–Kier alpha value is -2.64. The maximum absolute atomic E-state index is 13.5. The van der Waals surface area contributed by atoms with Gasteiger partial charge in [-0.15, -0.1) is 0 Å². The molecule has 8 heteroatoms. The predicted octanol–water partition coefficient (Wildman–Crippen LogP) is 2.93. The largest absolute Gasteiger partial charge is 0.387 e. The highest BCUT2D eigenvalue weighted by Gasteiger charge is 2.22. The van der Waals surface area contributed by atoms with E-state index in [1.165, 1.54) is 19.3 Å². The van der Waals surface area contributed by atoms with Gasteiger partial charge in [0.05, 0.1) is 5.56 Å². The van der Waals surface area contributed by atoms with E-state index in [0.717, 1.165) is 6.20 Å². The van der Waals surface area contributed by atoms with Gasteiger partial charge in [-0.1, -0.05) is 0 Å². The predicted molar refractivity (Wildman–Crippen MR) is 68.0 cm³/mol. The summed E-state index contributed by atoms with van der Waals surface area (Å²) in [6.45, 7) is 0. The van der Waals surface area contributed by atoms with Crippen molar-refractivity contribution in [2.45, 2.75) is 0 Å². The molecule has 1 aromatic heterocycles. The van der Waals surface area contributed by atoms with E-state index in [4.69, 9.17) is 0 Å². The summed E-state index contributed by atoms with van der Waals surface area (Å²) < 4.78 is 53.1. The molecular formula is C13H9F4N3O. The van der Waals surface area contributed by atoms with Gasteiger partial charge in [0, 0.05) is 31.2 Å². The lowest BCUT2D eigenvalue weighted by molar-refractivity contribution is 0.102. The molecule has 0 aliphatic rings. The van der Waals surface area contributed by atoms with Gasteiger partial charge in [0.2, 0.25) is 0 Å². The number of halogens is 4. The molecule has 21 heavy (non-hydrogen) atoms. The summed E-state index contributed by atoms with van der Waals surface area (Å²) in [6, 6.07) is 1.51. The normalized spacial score (nSPS) is 10.3. The van der Waals surface area contributed by atoms with Crippen molar-refractivity contribution in [2.24, 2.45) is 0 Å². The van der Waals surface area contributed by atoms with Crippen LogP contribution in [0.4, 0.5) is 28.9 Å². The van der Waals surface area contributed by atoms with Crippen LogP contribution >= 0.6 is 0 Å². The van der Waals surface area contributed by atoms with Crippen molar-refractivity contribution in [1.82, 2.24) is 4.98 Å². The van der Waals surface area contributed by atoms with Crippen molar-refractivity contribution in [2.75, 3.05) is 17.7 Å². The Morgan fingerprint density at radius 1 is 1.14 bits per heavy atom. The maximum Gasteiger partial charge on any atom is 0.259 e. The summed E-state index contributed by atoms with van der Waals surface area (Å²) in [7, 11) is 1.52. The van der Waals surface area contributed by atoms with Gasteiger partial charge in [0.1, 0.15) is 5.69 Å². The molecule has 0 aliphatic carbocycles. The molecule has 0 saturated carbocycles. The second kappa shape index (κ2) is 5.78. The molecule has 0 unspecified atom stereocenters. The first-order valence-corrected chi connectivity index (χ1v) is 5.71. The molecule has 0 atom stereocenters. The first kappa shape index (κ1) is 14.8. The van der Waals surface area contributed by atoms with Gasteiger partial charge in [0.25, 0.3) is 5.91 Å². The van der Waals surface area contributed by atoms with E-state index < -0.39 is 34.9 Å². The number of carbonyl (C=O) groups excluding carboxylic acids is 1. The monoisotopic (exact) mass is 299 g/mol. The molecule has 0 saturated heterocycles. The van der Waals surface area contributed by atoms with Crippen molar-refractivity contribution in [3.63, 3.8) is 0 Å². The lowest BCUT2D eigenvalue weighted by Crippen LogP contribution is -2.17. The summed E-state index contributed by atoms with van der Waals surface area (Å²) >= 11 is 0. The molecule has 1 heterocycles. The number of benzene rings is 1. The number of nitrogens with one attached hydrogen (secondary N) is 2. The molecule has 1 aromatic carbocycles. The minimum atomic E-state index is -1.68. The first-order chi connectivity index (χ1) is 9.95. The van der Waals surface area contributed by atoms with Crippen LogP contribution in [0.15, 0.2) is 24.5 Å². The Kier molecular flexibility index (Phi) is 4.06. The smallest absolute Gasteiger partial charge is 0.259 e.